The number of fused-ring (bicyclic) bond motifs is 8. The van der Waals surface area contributed by atoms with Crippen molar-refractivity contribution in [2.75, 3.05) is 0 Å². The highest BCUT2D eigenvalue weighted by atomic mass is 19.2. The Hall–Kier alpha value is -6.94. The monoisotopic (exact) mass is 722 g/mol. The maximum atomic E-state index is 15.7. The lowest BCUT2D eigenvalue weighted by Gasteiger charge is -2.09. The van der Waals surface area contributed by atoms with Crippen LogP contribution in [-0.2, 0) is 0 Å². The van der Waals surface area contributed by atoms with Gasteiger partial charge in [0, 0.05) is 44.3 Å². The van der Waals surface area contributed by atoms with Gasteiger partial charge in [-0.25, -0.2) is 36.3 Å². The molecule has 54 heavy (non-hydrogen) atoms. The number of hydrogen-bond donors (Lipinski definition) is 2. The fraction of sp³-hybridized carbons (Fsp3) is 0. The molecule has 3 aromatic heterocycles. The Morgan fingerprint density at radius 2 is 0.593 bits per heavy atom. The minimum absolute atomic E-state index is 0.0417. The van der Waals surface area contributed by atoms with E-state index in [1.807, 2.05) is 30.3 Å². The lowest BCUT2D eigenvalue weighted by molar-refractivity contribution is 0.589. The Balaban J connectivity index is 1.53. The molecule has 262 valence electrons. The summed E-state index contributed by atoms with van der Waals surface area (Å²) in [5, 5.41) is 0. The molecular weight excluding hydrogens is 698 g/mol. The second-order valence-corrected chi connectivity index (χ2v) is 12.7. The van der Waals surface area contributed by atoms with Crippen LogP contribution in [-0.4, -0.2) is 19.9 Å². The maximum Gasteiger partial charge on any atom is 0.134 e. The highest BCUT2D eigenvalue weighted by Crippen LogP contribution is 2.41. The molecule has 5 heterocycles. The normalized spacial score (nSPS) is 12.1. The summed E-state index contributed by atoms with van der Waals surface area (Å²) in [5.41, 5.74) is 2.15. The quantitative estimate of drug-likeness (QED) is 0.178. The lowest BCUT2D eigenvalue weighted by Crippen LogP contribution is -1.96. The van der Waals surface area contributed by atoms with Gasteiger partial charge in [0.2, 0.25) is 0 Å². The lowest BCUT2D eigenvalue weighted by atomic mass is 10.0. The summed E-state index contributed by atoms with van der Waals surface area (Å²) in [7, 11) is 0. The molecule has 0 unspecified atom stereocenters. The standard InChI is InChI=1S/C44H24F6N4/c45-24-9-4-10-25(46)39(24)42-32-17-15-30(51-32)38(23-7-2-1-3-8-23)31-16-18-33(52-31)43(40-26(47)11-5-12-27(40)48)35-20-22-37(54-35)44(36-21-19-34(42)53-36)41-28(49)13-6-14-29(41)50/h1-22,51,54H. The van der Waals surface area contributed by atoms with Gasteiger partial charge in [-0.2, -0.15) is 0 Å². The van der Waals surface area contributed by atoms with Crippen LogP contribution >= 0.6 is 0 Å². The zero-order chi connectivity index (χ0) is 37.1. The van der Waals surface area contributed by atoms with Gasteiger partial charge in [-0.05, 0) is 90.5 Å². The van der Waals surface area contributed by atoms with Crippen LogP contribution in [0.1, 0.15) is 22.8 Å². The van der Waals surface area contributed by atoms with Crippen molar-refractivity contribution in [3.63, 3.8) is 0 Å². The molecule has 0 fully saturated rings. The zero-order valence-corrected chi connectivity index (χ0v) is 27.9. The smallest absolute Gasteiger partial charge is 0.134 e. The van der Waals surface area contributed by atoms with Crippen molar-refractivity contribution in [3.05, 3.63) is 167 Å². The molecule has 2 N–H and O–H groups in total. The van der Waals surface area contributed by atoms with Crippen molar-refractivity contribution in [3.8, 4) is 44.5 Å². The van der Waals surface area contributed by atoms with Gasteiger partial charge < -0.3 is 9.97 Å². The van der Waals surface area contributed by atoms with Crippen molar-refractivity contribution >= 4 is 46.4 Å². The number of hydrogen-bond acceptors (Lipinski definition) is 2. The molecule has 4 nitrogen and oxygen atoms in total. The molecule has 0 radical (unpaired) electrons. The first-order valence-corrected chi connectivity index (χ1v) is 16.8. The molecule has 2 aliphatic heterocycles. The second kappa shape index (κ2) is 12.9. The number of H-pyrrole nitrogens is 2. The molecule has 0 amide bonds. The van der Waals surface area contributed by atoms with E-state index < -0.39 is 40.5 Å². The van der Waals surface area contributed by atoms with Gasteiger partial charge in [0.25, 0.3) is 0 Å². The minimum Gasteiger partial charge on any atom is -0.354 e. The van der Waals surface area contributed by atoms with E-state index in [0.717, 1.165) is 42.0 Å². The number of rotatable bonds is 4. The number of halogens is 6. The van der Waals surface area contributed by atoms with Crippen LogP contribution in [0, 0.1) is 34.9 Å². The van der Waals surface area contributed by atoms with Gasteiger partial charge in [-0.15, -0.1) is 0 Å². The fourth-order valence-electron chi connectivity index (χ4n) is 7.11. The van der Waals surface area contributed by atoms with Crippen molar-refractivity contribution in [2.45, 2.75) is 0 Å². The average Bonchev–Trinajstić information content (AvgIpc) is 3.99. The van der Waals surface area contributed by atoms with E-state index in [0.29, 0.717) is 16.8 Å². The van der Waals surface area contributed by atoms with E-state index in [2.05, 4.69) is 9.97 Å². The van der Waals surface area contributed by atoms with Crippen LogP contribution in [0.4, 0.5) is 26.3 Å². The number of nitrogens with one attached hydrogen (secondary N) is 2. The predicted octanol–water partition coefficient (Wildman–Crippen LogP) is 12.2. The first-order valence-electron chi connectivity index (χ1n) is 16.8. The molecule has 9 rings (SSSR count). The minimum atomic E-state index is -0.908. The molecule has 10 heteroatoms. The zero-order valence-electron chi connectivity index (χ0n) is 27.9. The summed E-state index contributed by atoms with van der Waals surface area (Å²) in [5.74, 6) is -5.22. The van der Waals surface area contributed by atoms with Crippen molar-refractivity contribution in [1.29, 1.82) is 0 Å². The first kappa shape index (κ1) is 32.9. The Labute approximate surface area is 303 Å². The van der Waals surface area contributed by atoms with E-state index in [1.165, 1.54) is 42.5 Å². The third kappa shape index (κ3) is 5.42. The van der Waals surface area contributed by atoms with Gasteiger partial charge in [0.15, 0.2) is 0 Å². The van der Waals surface area contributed by atoms with E-state index in [4.69, 9.17) is 9.97 Å². The first-order chi connectivity index (χ1) is 26.3. The van der Waals surface area contributed by atoms with Crippen LogP contribution in [0.5, 0.6) is 0 Å². The van der Waals surface area contributed by atoms with Gasteiger partial charge >= 0.3 is 0 Å². The van der Waals surface area contributed by atoms with Crippen molar-refractivity contribution < 1.29 is 26.3 Å². The molecule has 0 atom stereocenters. The number of benzene rings is 4. The number of aromatic amines is 2. The van der Waals surface area contributed by atoms with Gasteiger partial charge in [-0.1, -0.05) is 48.5 Å². The molecule has 2 aliphatic rings. The largest absolute Gasteiger partial charge is 0.354 e. The molecule has 0 spiro atoms. The van der Waals surface area contributed by atoms with E-state index in [-0.39, 0.29) is 61.4 Å². The van der Waals surface area contributed by atoms with Crippen LogP contribution in [0.3, 0.4) is 0 Å². The third-order valence-corrected chi connectivity index (χ3v) is 9.45. The molecule has 7 aromatic rings. The average molecular weight is 723 g/mol. The number of nitrogens with zero attached hydrogens (tertiary/aromatic N) is 2. The molecule has 0 saturated carbocycles. The summed E-state index contributed by atoms with van der Waals surface area (Å²) in [6, 6.07) is 26.2. The second-order valence-electron chi connectivity index (χ2n) is 12.7. The predicted molar refractivity (Wildman–Crippen MR) is 200 cm³/mol. The summed E-state index contributed by atoms with van der Waals surface area (Å²) in [6.45, 7) is 0. The van der Waals surface area contributed by atoms with Crippen molar-refractivity contribution in [1.82, 2.24) is 19.9 Å². The summed E-state index contributed by atoms with van der Waals surface area (Å²) >= 11 is 0. The summed E-state index contributed by atoms with van der Waals surface area (Å²) < 4.78 is 94.1. The van der Waals surface area contributed by atoms with Crippen molar-refractivity contribution in [2.24, 2.45) is 0 Å². The Bertz CT molecular complexity index is 2800. The Morgan fingerprint density at radius 3 is 0.926 bits per heavy atom. The molecule has 0 saturated heterocycles. The molecule has 0 aliphatic carbocycles. The fourth-order valence-corrected chi connectivity index (χ4v) is 7.11. The Morgan fingerprint density at radius 1 is 0.296 bits per heavy atom. The van der Waals surface area contributed by atoms with Crippen LogP contribution in [0.25, 0.3) is 90.9 Å². The summed E-state index contributed by atoms with van der Waals surface area (Å²) in [6.07, 6.45) is 6.33. The highest BCUT2D eigenvalue weighted by Gasteiger charge is 2.24. The van der Waals surface area contributed by atoms with Crippen LogP contribution < -0.4 is 0 Å². The van der Waals surface area contributed by atoms with E-state index >= 15 is 26.3 Å². The maximum absolute atomic E-state index is 15.7. The SMILES string of the molecule is Fc1cccc(F)c1-c1c2nc(c(-c3c(F)cccc3F)c3ccc([nH]3)c(-c3c(F)cccc3F)c3nc(c(-c4ccccc4)c4ccc1[nH]4)C=C3)C=C2. The van der Waals surface area contributed by atoms with E-state index in [1.54, 1.807) is 24.3 Å². The topological polar surface area (TPSA) is 57.4 Å². The van der Waals surface area contributed by atoms with Gasteiger partial charge in [0.1, 0.15) is 34.9 Å². The van der Waals surface area contributed by atoms with Gasteiger partial charge in [-0.3, -0.25) is 0 Å². The highest BCUT2D eigenvalue weighted by molar-refractivity contribution is 6.00. The van der Waals surface area contributed by atoms with E-state index in [9.17, 15) is 0 Å². The molecule has 8 bridgehead atoms. The molecule has 4 aromatic carbocycles. The summed E-state index contributed by atoms with van der Waals surface area (Å²) in [4.78, 5) is 16.1. The van der Waals surface area contributed by atoms with Gasteiger partial charge in [0.05, 0.1) is 39.5 Å². The van der Waals surface area contributed by atoms with Crippen LogP contribution in [0.2, 0.25) is 0 Å². The third-order valence-electron chi connectivity index (χ3n) is 9.45. The Kier molecular flexibility index (Phi) is 7.88. The number of aromatic nitrogens is 4. The molecular formula is C44H24F6N4. The van der Waals surface area contributed by atoms with Crippen LogP contribution in [0.15, 0.2) is 109 Å².